The second kappa shape index (κ2) is 6.09. The third-order valence-corrected chi connectivity index (χ3v) is 2.49. The van der Waals surface area contributed by atoms with Crippen LogP contribution >= 0.6 is 0 Å². The fourth-order valence-corrected chi connectivity index (χ4v) is 1.58. The summed E-state index contributed by atoms with van der Waals surface area (Å²) in [7, 11) is 0. The highest BCUT2D eigenvalue weighted by molar-refractivity contribution is 5.50. The normalized spacial score (nSPS) is 10.2. The molecule has 0 amide bonds. The predicted octanol–water partition coefficient (Wildman–Crippen LogP) is 3.25. The van der Waals surface area contributed by atoms with E-state index in [2.05, 4.69) is 4.98 Å². The molecule has 0 fully saturated rings. The van der Waals surface area contributed by atoms with Crippen molar-refractivity contribution in [1.82, 2.24) is 4.98 Å². The van der Waals surface area contributed by atoms with Crippen LogP contribution in [0.3, 0.4) is 0 Å². The van der Waals surface area contributed by atoms with Crippen LogP contribution in [0.15, 0.2) is 30.3 Å². The van der Waals surface area contributed by atoms with Crippen molar-refractivity contribution in [2.24, 2.45) is 0 Å². The number of anilines is 1. The van der Waals surface area contributed by atoms with Gasteiger partial charge in [0.25, 0.3) is 0 Å². The van der Waals surface area contributed by atoms with Crippen LogP contribution in [0, 0.1) is 17.1 Å². The van der Waals surface area contributed by atoms with Gasteiger partial charge in [-0.3, -0.25) is 0 Å². The molecule has 0 aliphatic rings. The molecule has 0 radical (unpaired) electrons. The summed E-state index contributed by atoms with van der Waals surface area (Å²) in [4.78, 5) is 4.12. The van der Waals surface area contributed by atoms with E-state index in [1.54, 1.807) is 18.2 Å². The molecule has 0 saturated carbocycles. The van der Waals surface area contributed by atoms with Crippen LogP contribution < -0.4 is 15.2 Å². The second-order valence-corrected chi connectivity index (χ2v) is 4.57. The molecule has 2 aromatic rings. The molecule has 0 aliphatic heterocycles. The molecule has 0 atom stereocenters. The molecule has 1 aromatic heterocycles. The Morgan fingerprint density at radius 3 is 2.67 bits per heavy atom. The molecule has 0 unspecified atom stereocenters. The number of hydrogen-bond donors (Lipinski definition) is 1. The minimum atomic E-state index is -0.649. The summed E-state index contributed by atoms with van der Waals surface area (Å²) in [6, 6.07) is 8.85. The maximum atomic E-state index is 13.5. The van der Waals surface area contributed by atoms with Crippen molar-refractivity contribution in [3.05, 3.63) is 41.7 Å². The van der Waals surface area contributed by atoms with Gasteiger partial charge in [0, 0.05) is 12.1 Å². The standard InChI is InChI=1S/C15H14FN3O2/c1-9(2)20-15-13(18)5-6-14(19-15)21-11-4-3-10(8-17)12(16)7-11/h3-7,9H,18H2,1-2H3. The van der Waals surface area contributed by atoms with E-state index < -0.39 is 5.82 Å². The Morgan fingerprint density at radius 2 is 2.05 bits per heavy atom. The quantitative estimate of drug-likeness (QED) is 0.933. The molecule has 1 heterocycles. The van der Waals surface area contributed by atoms with Gasteiger partial charge in [0.1, 0.15) is 17.6 Å². The van der Waals surface area contributed by atoms with Crippen LogP contribution in [-0.2, 0) is 0 Å². The molecule has 0 spiro atoms. The highest BCUT2D eigenvalue weighted by Crippen LogP contribution is 2.27. The van der Waals surface area contributed by atoms with Crippen LogP contribution in [0.25, 0.3) is 0 Å². The lowest BCUT2D eigenvalue weighted by molar-refractivity contribution is 0.232. The molecule has 5 nitrogen and oxygen atoms in total. The number of nitrogen functional groups attached to an aromatic ring is 1. The summed E-state index contributed by atoms with van der Waals surface area (Å²) in [6.45, 7) is 3.70. The van der Waals surface area contributed by atoms with Crippen LogP contribution in [-0.4, -0.2) is 11.1 Å². The highest BCUT2D eigenvalue weighted by Gasteiger charge is 2.09. The molecule has 2 rings (SSSR count). The number of pyridine rings is 1. The molecule has 6 heteroatoms. The van der Waals surface area contributed by atoms with E-state index in [9.17, 15) is 4.39 Å². The maximum absolute atomic E-state index is 13.5. The number of nitriles is 1. The zero-order valence-electron chi connectivity index (χ0n) is 11.6. The largest absolute Gasteiger partial charge is 0.473 e. The van der Waals surface area contributed by atoms with E-state index in [0.717, 1.165) is 6.07 Å². The van der Waals surface area contributed by atoms with Crippen molar-refractivity contribution < 1.29 is 13.9 Å². The van der Waals surface area contributed by atoms with Crippen molar-refractivity contribution in [1.29, 1.82) is 5.26 Å². The number of ether oxygens (including phenoxy) is 2. The summed E-state index contributed by atoms with van der Waals surface area (Å²) in [5.74, 6) is 0.0731. The van der Waals surface area contributed by atoms with Gasteiger partial charge in [0.2, 0.25) is 11.8 Å². The lowest BCUT2D eigenvalue weighted by Gasteiger charge is -2.12. The zero-order chi connectivity index (χ0) is 15.4. The predicted molar refractivity (Wildman–Crippen MR) is 75.6 cm³/mol. The first kappa shape index (κ1) is 14.6. The zero-order valence-corrected chi connectivity index (χ0v) is 11.6. The Morgan fingerprint density at radius 1 is 1.29 bits per heavy atom. The van der Waals surface area contributed by atoms with Crippen LogP contribution in [0.2, 0.25) is 0 Å². The maximum Gasteiger partial charge on any atom is 0.240 e. The summed E-state index contributed by atoms with van der Waals surface area (Å²) in [5.41, 5.74) is 6.10. The van der Waals surface area contributed by atoms with Crippen molar-refractivity contribution in [2.45, 2.75) is 20.0 Å². The van der Waals surface area contributed by atoms with Gasteiger partial charge in [-0.2, -0.15) is 10.2 Å². The van der Waals surface area contributed by atoms with Gasteiger partial charge in [-0.25, -0.2) is 4.39 Å². The monoisotopic (exact) mass is 287 g/mol. The SMILES string of the molecule is CC(C)Oc1nc(Oc2ccc(C#N)c(F)c2)ccc1N. The molecule has 0 aliphatic carbocycles. The molecular formula is C15H14FN3O2. The topological polar surface area (TPSA) is 81.2 Å². The summed E-state index contributed by atoms with van der Waals surface area (Å²) in [6.07, 6.45) is -0.0811. The average molecular weight is 287 g/mol. The number of aromatic nitrogens is 1. The van der Waals surface area contributed by atoms with Gasteiger partial charge in [-0.15, -0.1) is 0 Å². The molecule has 108 valence electrons. The average Bonchev–Trinajstić information content (AvgIpc) is 2.42. The minimum Gasteiger partial charge on any atom is -0.473 e. The number of nitrogens with two attached hydrogens (primary N) is 1. The van der Waals surface area contributed by atoms with Gasteiger partial charge in [-0.1, -0.05) is 0 Å². The van der Waals surface area contributed by atoms with Crippen LogP contribution in [0.5, 0.6) is 17.5 Å². The highest BCUT2D eigenvalue weighted by atomic mass is 19.1. The lowest BCUT2D eigenvalue weighted by Crippen LogP contribution is -2.09. The number of hydrogen-bond acceptors (Lipinski definition) is 5. The van der Waals surface area contributed by atoms with Gasteiger partial charge in [0.15, 0.2) is 0 Å². The minimum absolute atomic E-state index is 0.0450. The lowest BCUT2D eigenvalue weighted by atomic mass is 10.2. The Labute approximate surface area is 121 Å². The third kappa shape index (κ3) is 3.60. The fraction of sp³-hybridized carbons (Fsp3) is 0.200. The third-order valence-electron chi connectivity index (χ3n) is 2.49. The molecule has 2 N–H and O–H groups in total. The van der Waals surface area contributed by atoms with Gasteiger partial charge in [0.05, 0.1) is 17.4 Å². The molecule has 21 heavy (non-hydrogen) atoms. The summed E-state index contributed by atoms with van der Waals surface area (Å²) >= 11 is 0. The number of benzene rings is 1. The van der Waals surface area contributed by atoms with Crippen molar-refractivity contribution in [3.8, 4) is 23.6 Å². The van der Waals surface area contributed by atoms with Gasteiger partial charge in [-0.05, 0) is 32.0 Å². The van der Waals surface area contributed by atoms with E-state index >= 15 is 0 Å². The molecule has 0 bridgehead atoms. The fourth-order valence-electron chi connectivity index (χ4n) is 1.58. The first-order valence-electron chi connectivity index (χ1n) is 6.30. The Balaban J connectivity index is 2.24. The first-order valence-corrected chi connectivity index (χ1v) is 6.30. The number of halogens is 1. The van der Waals surface area contributed by atoms with E-state index in [-0.39, 0.29) is 29.2 Å². The van der Waals surface area contributed by atoms with E-state index in [4.69, 9.17) is 20.5 Å². The second-order valence-electron chi connectivity index (χ2n) is 4.57. The van der Waals surface area contributed by atoms with E-state index in [0.29, 0.717) is 5.69 Å². The smallest absolute Gasteiger partial charge is 0.240 e. The van der Waals surface area contributed by atoms with Crippen LogP contribution in [0.4, 0.5) is 10.1 Å². The Bertz CT molecular complexity index is 696. The summed E-state index contributed by atoms with van der Waals surface area (Å²) < 4.78 is 24.4. The first-order chi connectivity index (χ1) is 9.99. The molecular weight excluding hydrogens is 273 g/mol. The van der Waals surface area contributed by atoms with Crippen molar-refractivity contribution >= 4 is 5.69 Å². The molecule has 1 aromatic carbocycles. The number of nitrogens with zero attached hydrogens (tertiary/aromatic N) is 2. The van der Waals surface area contributed by atoms with E-state index in [1.807, 2.05) is 13.8 Å². The summed E-state index contributed by atoms with van der Waals surface area (Å²) in [5, 5.41) is 8.68. The van der Waals surface area contributed by atoms with Gasteiger partial charge < -0.3 is 15.2 Å². The molecule has 0 saturated heterocycles. The van der Waals surface area contributed by atoms with Gasteiger partial charge >= 0.3 is 0 Å². The van der Waals surface area contributed by atoms with E-state index in [1.165, 1.54) is 12.1 Å². The van der Waals surface area contributed by atoms with Crippen molar-refractivity contribution in [3.63, 3.8) is 0 Å². The Hall–Kier alpha value is -2.81. The van der Waals surface area contributed by atoms with Crippen LogP contribution in [0.1, 0.15) is 19.4 Å². The van der Waals surface area contributed by atoms with Crippen molar-refractivity contribution in [2.75, 3.05) is 5.73 Å². The number of rotatable bonds is 4. The Kier molecular flexibility index (Phi) is 4.24.